The lowest BCUT2D eigenvalue weighted by Gasteiger charge is -2.30. The smallest absolute Gasteiger partial charge is 0.255 e. The summed E-state index contributed by atoms with van der Waals surface area (Å²) in [6.45, 7) is 12.0. The molecule has 2 aromatic carbocycles. The third-order valence-corrected chi connectivity index (χ3v) is 5.64. The number of anilines is 2. The van der Waals surface area contributed by atoms with Gasteiger partial charge in [-0.05, 0) is 75.4 Å². The summed E-state index contributed by atoms with van der Waals surface area (Å²) in [5.41, 5.74) is 3.11. The van der Waals surface area contributed by atoms with Crippen LogP contribution in [0.15, 0.2) is 30.3 Å². The van der Waals surface area contributed by atoms with Gasteiger partial charge in [0.05, 0.1) is 19.8 Å². The first-order chi connectivity index (χ1) is 16.4. The molecule has 0 atom stereocenters. The standard InChI is InChI=1S/C27H36N2O5/c1-6-32-23-16-20(17-24(33-7-2)26(23)34-8-3)27(31)28-21-10-11-22-19(15-21)9-12-25(30)29(22)14-13-18(4)5/h10-11,15-18H,6-9,12-14H2,1-5H3,(H,28,31). The number of ether oxygens (including phenoxy) is 3. The summed E-state index contributed by atoms with van der Waals surface area (Å²) in [6, 6.07) is 9.09. The van der Waals surface area contributed by atoms with Crippen molar-refractivity contribution in [3.63, 3.8) is 0 Å². The van der Waals surface area contributed by atoms with Crippen molar-refractivity contribution >= 4 is 23.2 Å². The quantitative estimate of drug-likeness (QED) is 0.474. The SMILES string of the molecule is CCOc1cc(C(=O)Nc2ccc3c(c2)CCC(=O)N3CCC(C)C)cc(OCC)c1OCC. The maximum Gasteiger partial charge on any atom is 0.255 e. The van der Waals surface area contributed by atoms with Crippen LogP contribution in [-0.2, 0) is 11.2 Å². The fourth-order valence-electron chi connectivity index (χ4n) is 3.99. The average molecular weight is 469 g/mol. The van der Waals surface area contributed by atoms with Crippen LogP contribution in [0.4, 0.5) is 11.4 Å². The summed E-state index contributed by atoms with van der Waals surface area (Å²) in [5.74, 6) is 1.87. The van der Waals surface area contributed by atoms with Crippen molar-refractivity contribution in [3.05, 3.63) is 41.5 Å². The van der Waals surface area contributed by atoms with Gasteiger partial charge in [0.1, 0.15) is 0 Å². The van der Waals surface area contributed by atoms with Crippen LogP contribution in [-0.4, -0.2) is 38.2 Å². The van der Waals surface area contributed by atoms with Crippen molar-refractivity contribution in [1.82, 2.24) is 0 Å². The molecular weight excluding hydrogens is 432 g/mol. The van der Waals surface area contributed by atoms with Gasteiger partial charge < -0.3 is 24.4 Å². The van der Waals surface area contributed by atoms with Gasteiger partial charge >= 0.3 is 0 Å². The van der Waals surface area contributed by atoms with Gasteiger partial charge in [-0.25, -0.2) is 0 Å². The molecule has 2 amide bonds. The molecule has 2 aromatic rings. The molecule has 1 N–H and O–H groups in total. The monoisotopic (exact) mass is 468 g/mol. The number of nitrogens with zero attached hydrogens (tertiary/aromatic N) is 1. The molecule has 0 fully saturated rings. The van der Waals surface area contributed by atoms with Gasteiger partial charge in [0.15, 0.2) is 11.5 Å². The van der Waals surface area contributed by atoms with Crippen molar-refractivity contribution < 1.29 is 23.8 Å². The van der Waals surface area contributed by atoms with E-state index in [1.807, 2.05) is 43.9 Å². The van der Waals surface area contributed by atoms with Crippen molar-refractivity contribution in [2.75, 3.05) is 36.6 Å². The number of amides is 2. The summed E-state index contributed by atoms with van der Waals surface area (Å²) in [7, 11) is 0. The second kappa shape index (κ2) is 11.8. The van der Waals surface area contributed by atoms with Gasteiger partial charge in [0.2, 0.25) is 11.7 Å². The topological polar surface area (TPSA) is 77.1 Å². The van der Waals surface area contributed by atoms with Crippen molar-refractivity contribution in [2.45, 2.75) is 53.9 Å². The Morgan fingerprint density at radius 3 is 2.21 bits per heavy atom. The number of carbonyl (C=O) groups is 2. The molecule has 0 saturated carbocycles. The van der Waals surface area contributed by atoms with Gasteiger partial charge in [-0.2, -0.15) is 0 Å². The minimum Gasteiger partial charge on any atom is -0.490 e. The van der Waals surface area contributed by atoms with Crippen molar-refractivity contribution in [1.29, 1.82) is 0 Å². The fraction of sp³-hybridized carbons (Fsp3) is 0.481. The first-order valence-corrected chi connectivity index (χ1v) is 12.2. The summed E-state index contributed by atoms with van der Waals surface area (Å²) < 4.78 is 17.2. The third kappa shape index (κ3) is 6.01. The number of carbonyl (C=O) groups excluding carboxylic acids is 2. The Kier molecular flexibility index (Phi) is 8.79. The molecule has 7 heteroatoms. The zero-order chi connectivity index (χ0) is 24.7. The summed E-state index contributed by atoms with van der Waals surface area (Å²) in [5, 5.41) is 2.98. The van der Waals surface area contributed by atoms with Gasteiger partial charge in [0, 0.05) is 29.9 Å². The third-order valence-electron chi connectivity index (χ3n) is 5.64. The van der Waals surface area contributed by atoms with E-state index in [0.29, 0.717) is 73.6 Å². The number of hydrogen-bond donors (Lipinski definition) is 1. The fourth-order valence-corrected chi connectivity index (χ4v) is 3.99. The normalized spacial score (nSPS) is 13.0. The van der Waals surface area contributed by atoms with E-state index >= 15 is 0 Å². The van der Waals surface area contributed by atoms with E-state index in [2.05, 4.69) is 19.2 Å². The summed E-state index contributed by atoms with van der Waals surface area (Å²) in [4.78, 5) is 27.5. The highest BCUT2D eigenvalue weighted by molar-refractivity contribution is 6.05. The van der Waals surface area contributed by atoms with E-state index in [4.69, 9.17) is 14.2 Å². The Morgan fingerprint density at radius 1 is 0.971 bits per heavy atom. The molecule has 0 aliphatic carbocycles. The predicted molar refractivity (Wildman–Crippen MR) is 134 cm³/mol. The van der Waals surface area contributed by atoms with E-state index in [1.165, 1.54) is 0 Å². The van der Waals surface area contributed by atoms with E-state index in [-0.39, 0.29) is 11.8 Å². The van der Waals surface area contributed by atoms with Crippen LogP contribution >= 0.6 is 0 Å². The summed E-state index contributed by atoms with van der Waals surface area (Å²) in [6.07, 6.45) is 2.10. The van der Waals surface area contributed by atoms with Gasteiger partial charge in [-0.3, -0.25) is 9.59 Å². The van der Waals surface area contributed by atoms with Crippen LogP contribution in [0.25, 0.3) is 0 Å². The Labute approximate surface area is 202 Å². The molecule has 1 aliphatic rings. The Hall–Kier alpha value is -3.22. The second-order valence-corrected chi connectivity index (χ2v) is 8.63. The van der Waals surface area contributed by atoms with Crippen LogP contribution in [0.2, 0.25) is 0 Å². The van der Waals surface area contributed by atoms with Crippen LogP contribution < -0.4 is 24.4 Å². The first kappa shape index (κ1) is 25.4. The Morgan fingerprint density at radius 2 is 1.62 bits per heavy atom. The van der Waals surface area contributed by atoms with E-state index in [1.54, 1.807) is 12.1 Å². The number of hydrogen-bond acceptors (Lipinski definition) is 5. The molecule has 34 heavy (non-hydrogen) atoms. The molecular formula is C27H36N2O5. The van der Waals surface area contributed by atoms with Crippen molar-refractivity contribution in [2.24, 2.45) is 5.92 Å². The zero-order valence-corrected chi connectivity index (χ0v) is 20.9. The van der Waals surface area contributed by atoms with Crippen LogP contribution in [0.1, 0.15) is 63.4 Å². The number of nitrogens with one attached hydrogen (secondary N) is 1. The molecule has 0 aromatic heterocycles. The predicted octanol–water partition coefficient (Wildman–Crippen LogP) is 5.46. The van der Waals surface area contributed by atoms with Crippen molar-refractivity contribution in [3.8, 4) is 17.2 Å². The highest BCUT2D eigenvalue weighted by Gasteiger charge is 2.25. The average Bonchev–Trinajstić information content (AvgIpc) is 2.80. The number of fused-ring (bicyclic) bond motifs is 1. The molecule has 0 spiro atoms. The highest BCUT2D eigenvalue weighted by atomic mass is 16.5. The molecule has 0 unspecified atom stereocenters. The molecule has 1 heterocycles. The van der Waals surface area contributed by atoms with Gasteiger partial charge in [0.25, 0.3) is 5.91 Å². The summed E-state index contributed by atoms with van der Waals surface area (Å²) >= 11 is 0. The van der Waals surface area contributed by atoms with E-state index < -0.39 is 0 Å². The van der Waals surface area contributed by atoms with Crippen LogP contribution in [0, 0.1) is 5.92 Å². The number of rotatable bonds is 11. The molecule has 1 aliphatic heterocycles. The number of benzene rings is 2. The Balaban J connectivity index is 1.85. The zero-order valence-electron chi connectivity index (χ0n) is 20.9. The number of aryl methyl sites for hydroxylation is 1. The molecule has 0 radical (unpaired) electrons. The molecule has 0 bridgehead atoms. The molecule has 0 saturated heterocycles. The van der Waals surface area contributed by atoms with E-state index in [9.17, 15) is 9.59 Å². The minimum absolute atomic E-state index is 0.159. The maximum atomic E-state index is 13.1. The highest BCUT2D eigenvalue weighted by Crippen LogP contribution is 2.39. The van der Waals surface area contributed by atoms with E-state index in [0.717, 1.165) is 17.7 Å². The van der Waals surface area contributed by atoms with Crippen LogP contribution in [0.3, 0.4) is 0 Å². The lowest BCUT2D eigenvalue weighted by Crippen LogP contribution is -2.36. The second-order valence-electron chi connectivity index (χ2n) is 8.63. The lowest BCUT2D eigenvalue weighted by molar-refractivity contribution is -0.118. The minimum atomic E-state index is -0.270. The Bertz CT molecular complexity index is 991. The lowest BCUT2D eigenvalue weighted by atomic mass is 9.99. The largest absolute Gasteiger partial charge is 0.490 e. The van der Waals surface area contributed by atoms with Crippen LogP contribution in [0.5, 0.6) is 17.2 Å². The first-order valence-electron chi connectivity index (χ1n) is 12.2. The van der Waals surface area contributed by atoms with Gasteiger partial charge in [-0.1, -0.05) is 13.8 Å². The molecule has 184 valence electrons. The maximum absolute atomic E-state index is 13.1. The van der Waals surface area contributed by atoms with Gasteiger partial charge in [-0.15, -0.1) is 0 Å². The molecule has 3 rings (SSSR count). The molecule has 7 nitrogen and oxygen atoms in total.